The molecule has 4 heteroatoms. The van der Waals surface area contributed by atoms with Crippen LogP contribution < -0.4 is 5.73 Å². The number of furan rings is 1. The maximum atomic E-state index is 6.31. The van der Waals surface area contributed by atoms with Crippen molar-refractivity contribution in [2.75, 3.05) is 0 Å². The third-order valence-corrected chi connectivity index (χ3v) is 4.50. The Morgan fingerprint density at radius 1 is 1.15 bits per heavy atom. The SMILES string of the molecule is Cc1cc(Br)cc2cc(C(N)c3ccc(I)cc3)oc12. The molecule has 0 fully saturated rings. The lowest BCUT2D eigenvalue weighted by Gasteiger charge is -2.08. The molecule has 0 bridgehead atoms. The molecule has 0 saturated heterocycles. The van der Waals surface area contributed by atoms with Crippen molar-refractivity contribution >= 4 is 49.5 Å². The standard InChI is InChI=1S/C16H13BrINO/c1-9-6-12(17)7-11-8-14(20-16(9)11)15(19)10-2-4-13(18)5-3-10/h2-8,15H,19H2,1H3. The van der Waals surface area contributed by atoms with Gasteiger partial charge in [-0.2, -0.15) is 0 Å². The van der Waals surface area contributed by atoms with Crippen LogP contribution in [0.2, 0.25) is 0 Å². The first-order chi connectivity index (χ1) is 9.54. The minimum atomic E-state index is -0.238. The van der Waals surface area contributed by atoms with Gasteiger partial charge in [-0.25, -0.2) is 0 Å². The monoisotopic (exact) mass is 441 g/mol. The predicted molar refractivity (Wildman–Crippen MR) is 93.8 cm³/mol. The van der Waals surface area contributed by atoms with Gasteiger partial charge in [0.1, 0.15) is 11.3 Å². The van der Waals surface area contributed by atoms with E-state index in [9.17, 15) is 0 Å². The van der Waals surface area contributed by atoms with E-state index in [4.69, 9.17) is 10.2 Å². The van der Waals surface area contributed by atoms with Crippen molar-refractivity contribution in [3.63, 3.8) is 0 Å². The van der Waals surface area contributed by atoms with Crippen LogP contribution in [0.25, 0.3) is 11.0 Å². The second kappa shape index (κ2) is 5.50. The molecule has 0 aliphatic rings. The third-order valence-electron chi connectivity index (χ3n) is 3.32. The lowest BCUT2D eigenvalue weighted by molar-refractivity contribution is 0.523. The second-order valence-corrected chi connectivity index (χ2v) is 6.98. The fourth-order valence-electron chi connectivity index (χ4n) is 2.29. The van der Waals surface area contributed by atoms with Gasteiger partial charge in [-0.05, 0) is 71.0 Å². The number of aryl methyl sites for hydroxylation is 1. The number of hydrogen-bond donors (Lipinski definition) is 1. The molecule has 2 N–H and O–H groups in total. The topological polar surface area (TPSA) is 39.2 Å². The molecule has 1 unspecified atom stereocenters. The molecule has 0 amide bonds. The summed E-state index contributed by atoms with van der Waals surface area (Å²) in [5.41, 5.74) is 9.38. The van der Waals surface area contributed by atoms with E-state index in [-0.39, 0.29) is 6.04 Å². The van der Waals surface area contributed by atoms with Crippen LogP contribution in [0.1, 0.15) is 22.9 Å². The highest BCUT2D eigenvalue weighted by Crippen LogP contribution is 2.31. The highest BCUT2D eigenvalue weighted by Gasteiger charge is 2.15. The molecular formula is C16H13BrINO. The number of fused-ring (bicyclic) bond motifs is 1. The van der Waals surface area contributed by atoms with Crippen LogP contribution in [0.5, 0.6) is 0 Å². The fraction of sp³-hybridized carbons (Fsp3) is 0.125. The predicted octanol–water partition coefficient (Wildman–Crippen LogP) is 5.16. The molecule has 3 rings (SSSR count). The molecule has 3 aromatic rings. The zero-order valence-electron chi connectivity index (χ0n) is 10.9. The molecule has 1 aromatic heterocycles. The van der Waals surface area contributed by atoms with Crippen LogP contribution >= 0.6 is 38.5 Å². The van der Waals surface area contributed by atoms with E-state index < -0.39 is 0 Å². The minimum absolute atomic E-state index is 0.238. The largest absolute Gasteiger partial charge is 0.459 e. The summed E-state index contributed by atoms with van der Waals surface area (Å²) in [4.78, 5) is 0. The summed E-state index contributed by atoms with van der Waals surface area (Å²) in [6.07, 6.45) is 0. The zero-order chi connectivity index (χ0) is 14.3. The molecule has 0 aliphatic carbocycles. The maximum Gasteiger partial charge on any atom is 0.137 e. The van der Waals surface area contributed by atoms with Gasteiger partial charge in [0, 0.05) is 13.4 Å². The van der Waals surface area contributed by atoms with Gasteiger partial charge in [-0.1, -0.05) is 28.1 Å². The van der Waals surface area contributed by atoms with E-state index >= 15 is 0 Å². The van der Waals surface area contributed by atoms with Gasteiger partial charge < -0.3 is 10.2 Å². The molecule has 1 heterocycles. The molecule has 2 nitrogen and oxygen atoms in total. The average molecular weight is 442 g/mol. The molecule has 0 saturated carbocycles. The molecule has 102 valence electrons. The molecular weight excluding hydrogens is 429 g/mol. The third kappa shape index (κ3) is 2.64. The Hall–Kier alpha value is -0.850. The average Bonchev–Trinajstić information content (AvgIpc) is 2.83. The quantitative estimate of drug-likeness (QED) is 0.558. The van der Waals surface area contributed by atoms with Crippen molar-refractivity contribution in [1.29, 1.82) is 0 Å². The molecule has 2 aromatic carbocycles. The van der Waals surface area contributed by atoms with Crippen molar-refractivity contribution in [2.24, 2.45) is 5.73 Å². The van der Waals surface area contributed by atoms with Crippen LogP contribution in [0.15, 0.2) is 51.4 Å². The van der Waals surface area contributed by atoms with Gasteiger partial charge in [0.15, 0.2) is 0 Å². The van der Waals surface area contributed by atoms with Gasteiger partial charge >= 0.3 is 0 Å². The summed E-state index contributed by atoms with van der Waals surface area (Å²) < 4.78 is 8.20. The van der Waals surface area contributed by atoms with Crippen molar-refractivity contribution in [1.82, 2.24) is 0 Å². The van der Waals surface area contributed by atoms with Crippen LogP contribution in [-0.4, -0.2) is 0 Å². The Kier molecular flexibility index (Phi) is 3.88. The fourth-order valence-corrected chi connectivity index (χ4v) is 3.24. The van der Waals surface area contributed by atoms with Gasteiger partial charge in [0.25, 0.3) is 0 Å². The second-order valence-electron chi connectivity index (χ2n) is 4.82. The summed E-state index contributed by atoms with van der Waals surface area (Å²) in [7, 11) is 0. The van der Waals surface area contributed by atoms with Crippen LogP contribution in [0.3, 0.4) is 0 Å². The highest BCUT2D eigenvalue weighted by molar-refractivity contribution is 14.1. The van der Waals surface area contributed by atoms with Crippen molar-refractivity contribution in [3.8, 4) is 0 Å². The molecule has 0 spiro atoms. The summed E-state index contributed by atoms with van der Waals surface area (Å²) in [6.45, 7) is 2.04. The number of rotatable bonds is 2. The van der Waals surface area contributed by atoms with E-state index in [0.29, 0.717) is 0 Å². The Bertz CT molecular complexity index is 764. The first-order valence-corrected chi connectivity index (χ1v) is 8.12. The summed E-state index contributed by atoms with van der Waals surface area (Å²) in [5.74, 6) is 0.794. The van der Waals surface area contributed by atoms with Gasteiger partial charge in [0.05, 0.1) is 6.04 Å². The molecule has 0 radical (unpaired) electrons. The first-order valence-electron chi connectivity index (χ1n) is 6.25. The van der Waals surface area contributed by atoms with Crippen molar-refractivity contribution < 1.29 is 4.42 Å². The van der Waals surface area contributed by atoms with Crippen LogP contribution in [-0.2, 0) is 0 Å². The van der Waals surface area contributed by atoms with E-state index in [1.54, 1.807) is 0 Å². The lowest BCUT2D eigenvalue weighted by atomic mass is 10.1. The highest BCUT2D eigenvalue weighted by atomic mass is 127. The zero-order valence-corrected chi connectivity index (χ0v) is 14.6. The van der Waals surface area contributed by atoms with Gasteiger partial charge in [-0.3, -0.25) is 0 Å². The number of hydrogen-bond acceptors (Lipinski definition) is 2. The molecule has 1 atom stereocenters. The van der Waals surface area contributed by atoms with E-state index in [1.165, 1.54) is 3.57 Å². The van der Waals surface area contributed by atoms with Gasteiger partial charge in [0.2, 0.25) is 0 Å². The van der Waals surface area contributed by atoms with E-state index in [1.807, 2.05) is 31.2 Å². The molecule has 20 heavy (non-hydrogen) atoms. The Morgan fingerprint density at radius 3 is 2.55 bits per heavy atom. The Morgan fingerprint density at radius 2 is 1.85 bits per heavy atom. The number of halogens is 2. The minimum Gasteiger partial charge on any atom is -0.459 e. The van der Waals surface area contributed by atoms with Crippen molar-refractivity contribution in [2.45, 2.75) is 13.0 Å². The van der Waals surface area contributed by atoms with E-state index in [0.717, 1.165) is 32.3 Å². The number of benzene rings is 2. The van der Waals surface area contributed by atoms with Crippen LogP contribution in [0.4, 0.5) is 0 Å². The normalized spacial score (nSPS) is 12.8. The van der Waals surface area contributed by atoms with Crippen molar-refractivity contribution in [3.05, 3.63) is 67.4 Å². The maximum absolute atomic E-state index is 6.31. The van der Waals surface area contributed by atoms with Gasteiger partial charge in [-0.15, -0.1) is 0 Å². The summed E-state index contributed by atoms with van der Waals surface area (Å²) >= 11 is 5.79. The Labute approximate surface area is 139 Å². The van der Waals surface area contributed by atoms with Crippen LogP contribution in [0, 0.1) is 10.5 Å². The summed E-state index contributed by atoms with van der Waals surface area (Å²) in [5, 5.41) is 1.08. The summed E-state index contributed by atoms with van der Waals surface area (Å²) in [6, 6.07) is 14.1. The lowest BCUT2D eigenvalue weighted by Crippen LogP contribution is -2.10. The smallest absolute Gasteiger partial charge is 0.137 e. The van der Waals surface area contributed by atoms with E-state index in [2.05, 4.69) is 56.7 Å². The molecule has 0 aliphatic heterocycles. The Balaban J connectivity index is 2.05. The first kappa shape index (κ1) is 14.1. The number of nitrogens with two attached hydrogens (primary N) is 1.